The first kappa shape index (κ1) is 9.85. The molecule has 2 aliphatic heterocycles. The van der Waals surface area contributed by atoms with Crippen LogP contribution in [-0.2, 0) is 0 Å². The third-order valence-corrected chi connectivity index (χ3v) is 2.93. The Hall–Kier alpha value is -0.690. The molecule has 0 aromatic heterocycles. The lowest BCUT2D eigenvalue weighted by Crippen LogP contribution is -2.45. The highest BCUT2D eigenvalue weighted by atomic mass is 16.5. The Labute approximate surface area is 82.5 Å². The van der Waals surface area contributed by atoms with E-state index in [0.717, 1.165) is 38.2 Å². The number of hydrogen-bond acceptors (Lipinski definition) is 6. The lowest BCUT2D eigenvalue weighted by atomic mass is 10.2. The van der Waals surface area contributed by atoms with Gasteiger partial charge in [-0.1, -0.05) is 5.16 Å². The summed E-state index contributed by atoms with van der Waals surface area (Å²) in [4.78, 5) is 2.18. The van der Waals surface area contributed by atoms with Crippen LogP contribution in [0.3, 0.4) is 0 Å². The molecule has 0 spiro atoms. The number of hydroxylamine groups is 1. The first-order chi connectivity index (χ1) is 6.85. The first-order valence-corrected chi connectivity index (χ1v) is 4.93. The smallest absolute Gasteiger partial charge is 0.103 e. The van der Waals surface area contributed by atoms with Gasteiger partial charge in [-0.15, -0.1) is 0 Å². The summed E-state index contributed by atoms with van der Waals surface area (Å²) in [6.45, 7) is 2.56. The maximum Gasteiger partial charge on any atom is 0.103 e. The second-order valence-electron chi connectivity index (χ2n) is 3.81. The molecule has 0 aliphatic carbocycles. The Morgan fingerprint density at radius 2 is 2.43 bits per heavy atom. The average Bonchev–Trinajstić information content (AvgIpc) is 2.85. The molecule has 80 valence electrons. The van der Waals surface area contributed by atoms with Crippen LogP contribution >= 0.6 is 0 Å². The molecular formula is C8H16N4O2. The molecule has 0 bridgehead atoms. The lowest BCUT2D eigenvalue weighted by Gasteiger charge is -2.23. The summed E-state index contributed by atoms with van der Waals surface area (Å²) in [7, 11) is 0. The highest BCUT2D eigenvalue weighted by molar-refractivity contribution is 5.90. The Morgan fingerprint density at radius 3 is 3.07 bits per heavy atom. The van der Waals surface area contributed by atoms with Crippen LogP contribution in [0.25, 0.3) is 0 Å². The minimum Gasteiger partial charge on any atom is -0.411 e. The van der Waals surface area contributed by atoms with E-state index in [9.17, 15) is 0 Å². The fourth-order valence-corrected chi connectivity index (χ4v) is 2.16. The van der Waals surface area contributed by atoms with E-state index in [0.29, 0.717) is 0 Å². The van der Waals surface area contributed by atoms with E-state index in [1.165, 1.54) is 0 Å². The van der Waals surface area contributed by atoms with Crippen molar-refractivity contribution in [3.8, 4) is 0 Å². The molecule has 0 amide bonds. The zero-order valence-electron chi connectivity index (χ0n) is 7.98. The number of nitrogens with zero attached hydrogens (tertiary/aromatic N) is 2. The number of rotatable bonds is 2. The molecule has 6 nitrogen and oxygen atoms in total. The molecule has 14 heavy (non-hydrogen) atoms. The highest BCUT2D eigenvalue weighted by Gasteiger charge is 2.33. The van der Waals surface area contributed by atoms with Crippen LogP contribution in [0.5, 0.6) is 0 Å². The maximum absolute atomic E-state index is 8.78. The Balaban J connectivity index is 1.96. The van der Waals surface area contributed by atoms with Gasteiger partial charge in [-0.2, -0.15) is 0 Å². The topological polar surface area (TPSA) is 80.1 Å². The molecule has 0 aromatic carbocycles. The Morgan fingerprint density at radius 1 is 1.57 bits per heavy atom. The van der Waals surface area contributed by atoms with Crippen LogP contribution in [0.15, 0.2) is 5.16 Å². The van der Waals surface area contributed by atoms with Crippen molar-refractivity contribution in [2.45, 2.75) is 25.0 Å². The summed E-state index contributed by atoms with van der Waals surface area (Å²) in [6, 6.07) is 0.136. The minimum absolute atomic E-state index is 0.0540. The summed E-state index contributed by atoms with van der Waals surface area (Å²) >= 11 is 0. The van der Waals surface area contributed by atoms with Crippen LogP contribution < -0.4 is 10.8 Å². The molecular weight excluding hydrogens is 184 g/mol. The molecule has 2 unspecified atom stereocenters. The van der Waals surface area contributed by atoms with Gasteiger partial charge in [0.25, 0.3) is 0 Å². The molecule has 2 aliphatic rings. The Kier molecular flexibility index (Phi) is 2.97. The van der Waals surface area contributed by atoms with E-state index in [4.69, 9.17) is 10.4 Å². The monoisotopic (exact) mass is 200 g/mol. The van der Waals surface area contributed by atoms with E-state index in [2.05, 4.69) is 20.9 Å². The molecule has 0 saturated carbocycles. The van der Waals surface area contributed by atoms with Gasteiger partial charge in [0.15, 0.2) is 0 Å². The van der Waals surface area contributed by atoms with E-state index in [-0.39, 0.29) is 12.2 Å². The lowest BCUT2D eigenvalue weighted by molar-refractivity contribution is 0.125. The van der Waals surface area contributed by atoms with E-state index in [1.807, 2.05) is 0 Å². The van der Waals surface area contributed by atoms with Gasteiger partial charge in [-0.25, -0.2) is 5.48 Å². The molecule has 2 fully saturated rings. The van der Waals surface area contributed by atoms with Crippen molar-refractivity contribution < 1.29 is 10.4 Å². The van der Waals surface area contributed by atoms with Crippen molar-refractivity contribution in [2.75, 3.05) is 19.6 Å². The number of likely N-dealkylation sites (tertiary alicyclic amines) is 1. The SMILES string of the molecule is ON=C1CCNC1N1CCC(NO)C1. The summed E-state index contributed by atoms with van der Waals surface area (Å²) < 4.78 is 0. The average molecular weight is 200 g/mol. The second kappa shape index (κ2) is 4.22. The van der Waals surface area contributed by atoms with Crippen molar-refractivity contribution >= 4 is 5.71 Å². The number of oxime groups is 1. The number of nitrogens with one attached hydrogen (secondary N) is 2. The van der Waals surface area contributed by atoms with Gasteiger partial charge >= 0.3 is 0 Å². The molecule has 2 saturated heterocycles. The number of hydrogen-bond donors (Lipinski definition) is 4. The summed E-state index contributed by atoms with van der Waals surface area (Å²) in [6.07, 6.45) is 1.78. The van der Waals surface area contributed by atoms with Crippen LogP contribution in [0.2, 0.25) is 0 Å². The van der Waals surface area contributed by atoms with Crippen LogP contribution in [0.4, 0.5) is 0 Å². The third kappa shape index (κ3) is 1.74. The fraction of sp³-hybridized carbons (Fsp3) is 0.875. The normalized spacial score (nSPS) is 37.1. The molecule has 0 aromatic rings. The minimum atomic E-state index is 0.0540. The van der Waals surface area contributed by atoms with Gasteiger partial charge in [0, 0.05) is 32.1 Å². The van der Waals surface area contributed by atoms with Crippen molar-refractivity contribution in [3.63, 3.8) is 0 Å². The maximum atomic E-state index is 8.78. The summed E-state index contributed by atoms with van der Waals surface area (Å²) in [5.74, 6) is 0. The second-order valence-corrected chi connectivity index (χ2v) is 3.81. The van der Waals surface area contributed by atoms with Gasteiger partial charge in [0.1, 0.15) is 6.17 Å². The molecule has 0 radical (unpaired) electrons. The Bertz CT molecular complexity index is 233. The van der Waals surface area contributed by atoms with Crippen molar-refractivity contribution in [1.29, 1.82) is 0 Å². The van der Waals surface area contributed by atoms with Gasteiger partial charge < -0.3 is 10.4 Å². The zero-order valence-corrected chi connectivity index (χ0v) is 7.98. The van der Waals surface area contributed by atoms with Crippen LogP contribution in [0.1, 0.15) is 12.8 Å². The molecule has 2 atom stereocenters. The van der Waals surface area contributed by atoms with Crippen molar-refractivity contribution in [2.24, 2.45) is 5.16 Å². The molecule has 2 rings (SSSR count). The summed E-state index contributed by atoms with van der Waals surface area (Å²) in [5, 5.41) is 24.1. The highest BCUT2D eigenvalue weighted by Crippen LogP contribution is 2.15. The van der Waals surface area contributed by atoms with E-state index >= 15 is 0 Å². The van der Waals surface area contributed by atoms with Gasteiger partial charge in [0.2, 0.25) is 0 Å². The van der Waals surface area contributed by atoms with Gasteiger partial charge in [-0.3, -0.25) is 10.2 Å². The quantitative estimate of drug-likeness (QED) is 0.346. The van der Waals surface area contributed by atoms with Gasteiger partial charge in [-0.05, 0) is 6.42 Å². The molecule has 2 heterocycles. The zero-order chi connectivity index (χ0) is 9.97. The van der Waals surface area contributed by atoms with Gasteiger partial charge in [0.05, 0.1) is 5.71 Å². The third-order valence-electron chi connectivity index (χ3n) is 2.93. The summed E-state index contributed by atoms with van der Waals surface area (Å²) in [5.41, 5.74) is 3.07. The molecule has 4 N–H and O–H groups in total. The molecule has 6 heteroatoms. The van der Waals surface area contributed by atoms with Crippen molar-refractivity contribution in [1.82, 2.24) is 15.7 Å². The largest absolute Gasteiger partial charge is 0.411 e. The first-order valence-electron chi connectivity index (χ1n) is 4.93. The fourth-order valence-electron chi connectivity index (χ4n) is 2.16. The van der Waals surface area contributed by atoms with E-state index in [1.54, 1.807) is 0 Å². The predicted octanol–water partition coefficient (Wildman–Crippen LogP) is -0.811. The van der Waals surface area contributed by atoms with Crippen LogP contribution in [-0.4, -0.2) is 52.9 Å². The van der Waals surface area contributed by atoms with Crippen molar-refractivity contribution in [3.05, 3.63) is 0 Å². The van der Waals surface area contributed by atoms with E-state index < -0.39 is 0 Å². The predicted molar refractivity (Wildman–Crippen MR) is 50.5 cm³/mol. The standard InChI is InChI=1S/C8H16N4O2/c13-10-6-2-4-12(5-6)8-7(11-14)1-3-9-8/h6,8-10,13-14H,1-5H2. The van der Waals surface area contributed by atoms with Crippen LogP contribution in [0, 0.1) is 0 Å².